The van der Waals surface area contributed by atoms with Gasteiger partial charge in [0.15, 0.2) is 0 Å². The molecule has 0 saturated heterocycles. The summed E-state index contributed by atoms with van der Waals surface area (Å²) in [5, 5.41) is 9.41. The third-order valence-electron chi connectivity index (χ3n) is 7.07. The molecule has 3 N–H and O–H groups in total. The molecule has 0 radical (unpaired) electrons. The number of carbonyl (C=O) groups is 1. The van der Waals surface area contributed by atoms with Crippen LogP contribution < -0.4 is 15.2 Å². The number of aliphatic carboxylic acids is 1. The zero-order valence-electron chi connectivity index (χ0n) is 24.2. The molecule has 0 aliphatic heterocycles. The number of carboxylic acids is 1. The van der Waals surface area contributed by atoms with Gasteiger partial charge in [0.1, 0.15) is 30.8 Å². The smallest absolute Gasteiger partial charge is 0.320 e. The molecule has 0 amide bonds. The summed E-state index contributed by atoms with van der Waals surface area (Å²) in [6.07, 6.45) is 0.326. The normalized spacial score (nSPS) is 11.8. The molecule has 0 aliphatic rings. The number of nitrogens with two attached hydrogens (primary N) is 1. The van der Waals surface area contributed by atoms with Gasteiger partial charge < -0.3 is 20.3 Å². The Hall–Kier alpha value is -4.13. The topological polar surface area (TPSA) is 85.0 Å². The fraction of sp³-hybridized carbons (Fsp3) is 0.286. The lowest BCUT2D eigenvalue weighted by Gasteiger charge is -2.26. The van der Waals surface area contributed by atoms with E-state index in [0.29, 0.717) is 39.3 Å². The van der Waals surface area contributed by atoms with Crippen LogP contribution >= 0.6 is 0 Å². The van der Waals surface area contributed by atoms with E-state index in [1.54, 1.807) is 0 Å². The molecule has 4 aromatic rings. The lowest BCUT2D eigenvalue weighted by Crippen LogP contribution is -2.35. The Kier molecular flexibility index (Phi) is 10.5. The van der Waals surface area contributed by atoms with Gasteiger partial charge in [-0.3, -0.25) is 9.69 Å². The van der Waals surface area contributed by atoms with Crippen molar-refractivity contribution in [2.45, 2.75) is 59.5 Å². The third kappa shape index (κ3) is 8.93. The van der Waals surface area contributed by atoms with Gasteiger partial charge in [0.25, 0.3) is 0 Å². The van der Waals surface area contributed by atoms with Crippen molar-refractivity contribution in [1.82, 2.24) is 4.90 Å². The molecule has 0 aliphatic carbocycles. The summed E-state index contributed by atoms with van der Waals surface area (Å²) < 4.78 is 12.6. The minimum Gasteiger partial charge on any atom is -0.489 e. The van der Waals surface area contributed by atoms with Crippen LogP contribution in [-0.2, 0) is 31.1 Å². The maximum Gasteiger partial charge on any atom is 0.320 e. The van der Waals surface area contributed by atoms with Crippen LogP contribution in [0.25, 0.3) is 0 Å². The first-order valence-corrected chi connectivity index (χ1v) is 14.0. The van der Waals surface area contributed by atoms with E-state index in [1.165, 1.54) is 11.1 Å². The lowest BCUT2D eigenvalue weighted by atomic mass is 10.1. The summed E-state index contributed by atoms with van der Waals surface area (Å²) in [6.45, 7) is 8.78. The van der Waals surface area contributed by atoms with Crippen LogP contribution in [0.5, 0.6) is 11.5 Å². The average Bonchev–Trinajstić information content (AvgIpc) is 2.95. The van der Waals surface area contributed by atoms with E-state index in [2.05, 4.69) is 67.3 Å². The second-order valence-corrected chi connectivity index (χ2v) is 10.7. The number of carboxylic acid groups (broad SMARTS) is 1. The minimum absolute atomic E-state index is 0.326. The number of hydrogen-bond acceptors (Lipinski definition) is 5. The van der Waals surface area contributed by atoms with Gasteiger partial charge in [0, 0.05) is 30.8 Å². The highest BCUT2D eigenvalue weighted by Crippen LogP contribution is 2.28. The summed E-state index contributed by atoms with van der Waals surface area (Å²) in [7, 11) is 0. The van der Waals surface area contributed by atoms with Crippen molar-refractivity contribution in [2.24, 2.45) is 5.73 Å². The minimum atomic E-state index is -0.996. The molecule has 0 spiro atoms. The molecular weight excluding hydrogens is 512 g/mol. The number of hydrogen-bond donors (Lipinski definition) is 2. The van der Waals surface area contributed by atoms with Crippen LogP contribution in [0.15, 0.2) is 91.0 Å². The zero-order valence-corrected chi connectivity index (χ0v) is 24.2. The van der Waals surface area contributed by atoms with E-state index in [0.717, 1.165) is 39.3 Å². The molecule has 0 fully saturated rings. The fourth-order valence-electron chi connectivity index (χ4n) is 4.88. The Bertz CT molecular complexity index is 1450. The van der Waals surface area contributed by atoms with E-state index < -0.39 is 12.0 Å². The average molecular weight is 553 g/mol. The Balaban J connectivity index is 1.54. The highest BCUT2D eigenvalue weighted by atomic mass is 16.5. The maximum atomic E-state index is 11.5. The monoisotopic (exact) mass is 552 g/mol. The molecule has 0 bridgehead atoms. The molecule has 4 rings (SSSR count). The van der Waals surface area contributed by atoms with E-state index in [1.807, 2.05) is 49.4 Å². The molecular formula is C35H40N2O4. The van der Waals surface area contributed by atoms with E-state index in [9.17, 15) is 9.90 Å². The number of rotatable bonds is 14. The van der Waals surface area contributed by atoms with Crippen LogP contribution in [0, 0.1) is 20.8 Å². The SMILES string of the molecule is Cc1cccc(COc2ccccc2CN(CC[C@H](N)C(=O)O)Cc2cccc(C)c2OCc2cccc(C)c2)c1. The van der Waals surface area contributed by atoms with Gasteiger partial charge in [0.2, 0.25) is 0 Å². The fourth-order valence-corrected chi connectivity index (χ4v) is 4.88. The molecule has 0 saturated carbocycles. The lowest BCUT2D eigenvalue weighted by molar-refractivity contribution is -0.138. The Morgan fingerprint density at radius 1 is 0.780 bits per heavy atom. The molecule has 6 nitrogen and oxygen atoms in total. The van der Waals surface area contributed by atoms with Gasteiger partial charge in [-0.05, 0) is 49.9 Å². The highest BCUT2D eigenvalue weighted by Gasteiger charge is 2.18. The highest BCUT2D eigenvalue weighted by molar-refractivity contribution is 5.73. The standard InChI is InChI=1S/C35H40N2O4/c1-25-9-6-12-28(19-25)23-40-33-16-5-4-14-30(33)21-37(18-17-32(36)35(38)39)22-31-15-8-11-27(3)34(31)41-24-29-13-7-10-26(2)20-29/h4-16,19-20,32H,17-18,21-24,36H2,1-3H3,(H,38,39)/t32-/m0/s1. The summed E-state index contributed by atoms with van der Waals surface area (Å²) in [4.78, 5) is 13.7. The van der Waals surface area contributed by atoms with Crippen LogP contribution in [0.4, 0.5) is 0 Å². The number of aryl methyl sites for hydroxylation is 3. The first kappa shape index (κ1) is 29.8. The van der Waals surface area contributed by atoms with Crippen molar-refractivity contribution >= 4 is 5.97 Å². The van der Waals surface area contributed by atoms with Gasteiger partial charge in [-0.1, -0.05) is 96.1 Å². The summed E-state index contributed by atoms with van der Waals surface area (Å²) in [6, 6.07) is 29.8. The first-order valence-electron chi connectivity index (χ1n) is 14.0. The van der Waals surface area contributed by atoms with Crippen molar-refractivity contribution in [2.75, 3.05) is 6.54 Å². The predicted octanol–water partition coefficient (Wildman–Crippen LogP) is 6.57. The largest absolute Gasteiger partial charge is 0.489 e. The molecule has 6 heteroatoms. The Morgan fingerprint density at radius 2 is 1.37 bits per heavy atom. The summed E-state index contributed by atoms with van der Waals surface area (Å²) in [5.74, 6) is 0.664. The quantitative estimate of drug-likeness (QED) is 0.184. The van der Waals surface area contributed by atoms with Crippen molar-refractivity contribution in [1.29, 1.82) is 0 Å². The third-order valence-corrected chi connectivity index (χ3v) is 7.07. The van der Waals surface area contributed by atoms with Crippen molar-refractivity contribution in [3.8, 4) is 11.5 Å². The van der Waals surface area contributed by atoms with Crippen molar-refractivity contribution < 1.29 is 19.4 Å². The summed E-state index contributed by atoms with van der Waals surface area (Å²) in [5.41, 5.74) is 13.6. The second kappa shape index (κ2) is 14.5. The van der Waals surface area contributed by atoms with E-state index >= 15 is 0 Å². The molecule has 0 aromatic heterocycles. The maximum absolute atomic E-state index is 11.5. The van der Waals surface area contributed by atoms with Crippen LogP contribution in [0.3, 0.4) is 0 Å². The number of benzene rings is 4. The number of ether oxygens (including phenoxy) is 2. The Morgan fingerprint density at radius 3 is 2.02 bits per heavy atom. The molecule has 4 aromatic carbocycles. The second-order valence-electron chi connectivity index (χ2n) is 10.7. The van der Waals surface area contributed by atoms with Gasteiger partial charge in [0.05, 0.1) is 0 Å². The summed E-state index contributed by atoms with van der Waals surface area (Å²) >= 11 is 0. The van der Waals surface area contributed by atoms with Gasteiger partial charge in [-0.25, -0.2) is 0 Å². The van der Waals surface area contributed by atoms with Crippen LogP contribution in [0.1, 0.15) is 45.4 Å². The molecule has 0 heterocycles. The van der Waals surface area contributed by atoms with Crippen molar-refractivity contribution in [3.63, 3.8) is 0 Å². The van der Waals surface area contributed by atoms with E-state index in [-0.39, 0.29) is 0 Å². The first-order chi connectivity index (χ1) is 19.8. The molecule has 41 heavy (non-hydrogen) atoms. The van der Waals surface area contributed by atoms with Crippen molar-refractivity contribution in [3.05, 3.63) is 130 Å². The van der Waals surface area contributed by atoms with Crippen LogP contribution in [0.2, 0.25) is 0 Å². The van der Waals surface area contributed by atoms with E-state index in [4.69, 9.17) is 15.2 Å². The Labute approximate surface area is 243 Å². The van der Waals surface area contributed by atoms with Gasteiger partial charge in [-0.15, -0.1) is 0 Å². The molecule has 0 unspecified atom stereocenters. The van der Waals surface area contributed by atoms with Gasteiger partial charge in [-0.2, -0.15) is 0 Å². The number of nitrogens with zero attached hydrogens (tertiary/aromatic N) is 1. The number of para-hydroxylation sites is 2. The molecule has 214 valence electrons. The van der Waals surface area contributed by atoms with Crippen LogP contribution in [-0.4, -0.2) is 28.6 Å². The predicted molar refractivity (Wildman–Crippen MR) is 163 cm³/mol. The zero-order chi connectivity index (χ0) is 29.2. The molecule has 1 atom stereocenters. The van der Waals surface area contributed by atoms with Gasteiger partial charge >= 0.3 is 5.97 Å².